The van der Waals surface area contributed by atoms with Gasteiger partial charge in [-0.25, -0.2) is 0 Å². The van der Waals surface area contributed by atoms with Crippen LogP contribution in [0.2, 0.25) is 0 Å². The molecule has 2 atom stereocenters. The second-order valence-corrected chi connectivity index (χ2v) is 7.87. The summed E-state index contributed by atoms with van der Waals surface area (Å²) >= 11 is 0. The number of aromatic nitrogens is 1. The lowest BCUT2D eigenvalue weighted by molar-refractivity contribution is -0.937. The van der Waals surface area contributed by atoms with Gasteiger partial charge in [-0.05, 0) is 48.9 Å². The summed E-state index contributed by atoms with van der Waals surface area (Å²) in [7, 11) is 0. The molecule has 3 nitrogen and oxygen atoms in total. The van der Waals surface area contributed by atoms with Crippen LogP contribution in [0.4, 0.5) is 0 Å². The number of pyridine rings is 1. The Morgan fingerprint density at radius 3 is 2.88 bits per heavy atom. The van der Waals surface area contributed by atoms with Crippen LogP contribution in [0, 0.1) is 6.92 Å². The Morgan fingerprint density at radius 2 is 2.12 bits per heavy atom. The molecule has 1 aliphatic rings. The molecule has 0 aliphatic carbocycles. The highest BCUT2D eigenvalue weighted by molar-refractivity contribution is 5.37. The summed E-state index contributed by atoms with van der Waals surface area (Å²) in [6.45, 7) is 9.82. The predicted molar refractivity (Wildman–Crippen MR) is 107 cm³/mol. The first-order valence-corrected chi connectivity index (χ1v) is 10.1. The standard InChI is InChI=1S/C23H32N2O/c1-18(2)20-11-10-19(3)23(16-20)26-15-7-14-25-13-5-4-9-22(25)21-8-6-12-24-17-21/h6,8,10-12,16-18,22H,4-5,7,9,13-15H2,1-3H3/p+1/t22-/m1/s1. The lowest BCUT2D eigenvalue weighted by Gasteiger charge is -2.32. The van der Waals surface area contributed by atoms with Crippen LogP contribution in [-0.4, -0.2) is 24.7 Å². The lowest BCUT2D eigenvalue weighted by atomic mass is 9.96. The second-order valence-electron chi connectivity index (χ2n) is 7.87. The van der Waals surface area contributed by atoms with Gasteiger partial charge in [-0.3, -0.25) is 4.98 Å². The smallest absolute Gasteiger partial charge is 0.122 e. The summed E-state index contributed by atoms with van der Waals surface area (Å²) < 4.78 is 6.13. The molecule has 140 valence electrons. The van der Waals surface area contributed by atoms with E-state index in [4.69, 9.17) is 4.74 Å². The van der Waals surface area contributed by atoms with Gasteiger partial charge in [0.15, 0.2) is 0 Å². The summed E-state index contributed by atoms with van der Waals surface area (Å²) in [5.74, 6) is 1.59. The molecule has 0 amide bonds. The average Bonchev–Trinajstić information content (AvgIpc) is 2.67. The number of nitrogens with one attached hydrogen (secondary N) is 1. The predicted octanol–water partition coefficient (Wildman–Crippen LogP) is 4.09. The highest BCUT2D eigenvalue weighted by atomic mass is 16.5. The number of rotatable bonds is 7. The number of ether oxygens (including phenoxy) is 1. The number of quaternary nitrogens is 1. The van der Waals surface area contributed by atoms with Gasteiger partial charge in [0.25, 0.3) is 0 Å². The molecule has 0 spiro atoms. The minimum Gasteiger partial charge on any atom is -0.493 e. The lowest BCUT2D eigenvalue weighted by Crippen LogP contribution is -3.13. The summed E-state index contributed by atoms with van der Waals surface area (Å²) in [5, 5.41) is 0. The van der Waals surface area contributed by atoms with Crippen LogP contribution in [0.1, 0.15) is 68.2 Å². The van der Waals surface area contributed by atoms with E-state index in [0.29, 0.717) is 12.0 Å². The van der Waals surface area contributed by atoms with E-state index in [1.54, 1.807) is 4.90 Å². The minimum absolute atomic E-state index is 0.538. The number of piperidine rings is 1. The van der Waals surface area contributed by atoms with Crippen LogP contribution in [0.3, 0.4) is 0 Å². The third kappa shape index (κ3) is 4.85. The maximum atomic E-state index is 6.13. The van der Waals surface area contributed by atoms with E-state index < -0.39 is 0 Å². The monoisotopic (exact) mass is 353 g/mol. The molecule has 1 N–H and O–H groups in total. The number of hydrogen-bond acceptors (Lipinski definition) is 2. The number of aryl methyl sites for hydroxylation is 1. The molecule has 3 heteroatoms. The van der Waals surface area contributed by atoms with Crippen molar-refractivity contribution in [3.8, 4) is 5.75 Å². The van der Waals surface area contributed by atoms with E-state index in [1.807, 2.05) is 12.4 Å². The van der Waals surface area contributed by atoms with Crippen molar-refractivity contribution in [2.45, 2.75) is 58.4 Å². The van der Waals surface area contributed by atoms with Gasteiger partial charge in [-0.2, -0.15) is 0 Å². The minimum atomic E-state index is 0.538. The van der Waals surface area contributed by atoms with Gasteiger partial charge in [0.1, 0.15) is 11.8 Å². The van der Waals surface area contributed by atoms with Crippen molar-refractivity contribution in [3.05, 3.63) is 59.4 Å². The fourth-order valence-corrected chi connectivity index (χ4v) is 3.98. The number of nitrogens with zero attached hydrogens (tertiary/aromatic N) is 1. The van der Waals surface area contributed by atoms with Crippen molar-refractivity contribution >= 4 is 0 Å². The fourth-order valence-electron chi connectivity index (χ4n) is 3.98. The largest absolute Gasteiger partial charge is 0.493 e. The SMILES string of the molecule is Cc1ccc(C(C)C)cc1OCCC[NH+]1CCCC[C@@H]1c1cccnc1. The van der Waals surface area contributed by atoms with E-state index in [9.17, 15) is 0 Å². The molecule has 26 heavy (non-hydrogen) atoms. The van der Waals surface area contributed by atoms with Crippen molar-refractivity contribution < 1.29 is 9.64 Å². The van der Waals surface area contributed by atoms with E-state index in [0.717, 1.165) is 18.8 Å². The van der Waals surface area contributed by atoms with Crippen molar-refractivity contribution in [2.75, 3.05) is 19.7 Å². The molecule has 1 aromatic carbocycles. The van der Waals surface area contributed by atoms with Gasteiger partial charge in [0.05, 0.1) is 19.7 Å². The summed E-state index contributed by atoms with van der Waals surface area (Å²) in [4.78, 5) is 6.02. The van der Waals surface area contributed by atoms with Gasteiger partial charge in [-0.1, -0.05) is 32.0 Å². The molecule has 1 fully saturated rings. The third-order valence-corrected chi connectivity index (χ3v) is 5.60. The molecule has 0 saturated carbocycles. The summed E-state index contributed by atoms with van der Waals surface area (Å²) in [5.41, 5.74) is 3.97. The first-order chi connectivity index (χ1) is 12.6. The van der Waals surface area contributed by atoms with Crippen molar-refractivity contribution in [1.29, 1.82) is 0 Å². The van der Waals surface area contributed by atoms with Crippen LogP contribution >= 0.6 is 0 Å². The van der Waals surface area contributed by atoms with Crippen molar-refractivity contribution in [2.24, 2.45) is 0 Å². The Bertz CT molecular complexity index is 684. The zero-order valence-corrected chi connectivity index (χ0v) is 16.5. The fraction of sp³-hybridized carbons (Fsp3) is 0.522. The molecule has 2 heterocycles. The van der Waals surface area contributed by atoms with E-state index in [1.165, 1.54) is 49.0 Å². The van der Waals surface area contributed by atoms with Crippen LogP contribution in [0.25, 0.3) is 0 Å². The number of likely N-dealkylation sites (tertiary alicyclic amines) is 1. The maximum absolute atomic E-state index is 6.13. The molecule has 1 unspecified atom stereocenters. The van der Waals surface area contributed by atoms with Crippen molar-refractivity contribution in [1.82, 2.24) is 4.98 Å². The van der Waals surface area contributed by atoms with Crippen LogP contribution in [0.15, 0.2) is 42.7 Å². The molecule has 1 aliphatic heterocycles. The van der Waals surface area contributed by atoms with E-state index in [-0.39, 0.29) is 0 Å². The van der Waals surface area contributed by atoms with Gasteiger partial charge in [0.2, 0.25) is 0 Å². The molecular formula is C23H33N2O+. The molecule has 0 radical (unpaired) electrons. The Balaban J connectivity index is 1.53. The summed E-state index contributed by atoms with van der Waals surface area (Å²) in [6, 6.07) is 11.5. The highest BCUT2D eigenvalue weighted by Gasteiger charge is 2.27. The third-order valence-electron chi connectivity index (χ3n) is 5.60. The zero-order valence-electron chi connectivity index (χ0n) is 16.5. The van der Waals surface area contributed by atoms with Crippen LogP contribution < -0.4 is 9.64 Å². The number of hydrogen-bond donors (Lipinski definition) is 1. The summed E-state index contributed by atoms with van der Waals surface area (Å²) in [6.07, 6.45) is 8.96. The molecular weight excluding hydrogens is 320 g/mol. The quantitative estimate of drug-likeness (QED) is 0.759. The zero-order chi connectivity index (χ0) is 18.4. The first-order valence-electron chi connectivity index (χ1n) is 10.1. The van der Waals surface area contributed by atoms with Gasteiger partial charge in [0, 0.05) is 30.8 Å². The topological polar surface area (TPSA) is 26.6 Å². The Labute approximate surface area is 158 Å². The van der Waals surface area contributed by atoms with Crippen molar-refractivity contribution in [3.63, 3.8) is 0 Å². The van der Waals surface area contributed by atoms with Gasteiger partial charge in [-0.15, -0.1) is 0 Å². The average molecular weight is 354 g/mol. The van der Waals surface area contributed by atoms with Gasteiger partial charge >= 0.3 is 0 Å². The second kappa shape index (κ2) is 9.18. The first kappa shape index (κ1) is 18.9. The van der Waals surface area contributed by atoms with Crippen LogP contribution in [0.5, 0.6) is 5.75 Å². The Kier molecular flexibility index (Phi) is 6.67. The van der Waals surface area contributed by atoms with Crippen LogP contribution in [-0.2, 0) is 0 Å². The normalized spacial score (nSPS) is 20.3. The molecule has 2 aromatic rings. The highest BCUT2D eigenvalue weighted by Crippen LogP contribution is 2.24. The Hall–Kier alpha value is -1.87. The Morgan fingerprint density at radius 1 is 1.23 bits per heavy atom. The molecule has 0 bridgehead atoms. The maximum Gasteiger partial charge on any atom is 0.122 e. The molecule has 3 rings (SSSR count). The van der Waals surface area contributed by atoms with Gasteiger partial charge < -0.3 is 9.64 Å². The van der Waals surface area contributed by atoms with E-state index >= 15 is 0 Å². The molecule has 1 aromatic heterocycles. The number of benzene rings is 1. The molecule has 1 saturated heterocycles. The van der Waals surface area contributed by atoms with E-state index in [2.05, 4.69) is 56.1 Å².